The van der Waals surface area contributed by atoms with Gasteiger partial charge in [-0.15, -0.1) is 0 Å². The first-order chi connectivity index (χ1) is 10.3. The summed E-state index contributed by atoms with van der Waals surface area (Å²) in [4.78, 5) is 2.23. The number of anilines is 1. The fourth-order valence-electron chi connectivity index (χ4n) is 3.10. The van der Waals surface area contributed by atoms with E-state index < -0.39 is 5.72 Å². The first-order valence-electron chi connectivity index (χ1n) is 7.17. The summed E-state index contributed by atoms with van der Waals surface area (Å²) in [7, 11) is 0. The largest absolute Gasteiger partial charge is 0.346 e. The Balaban J connectivity index is 1.80. The van der Waals surface area contributed by atoms with Crippen molar-refractivity contribution in [2.45, 2.75) is 5.72 Å². The van der Waals surface area contributed by atoms with Crippen molar-refractivity contribution in [1.82, 2.24) is 0 Å². The molecule has 0 spiro atoms. The molecule has 2 aliphatic heterocycles. The summed E-state index contributed by atoms with van der Waals surface area (Å²) in [5, 5.41) is 12.5. The highest BCUT2D eigenvalue weighted by Gasteiger charge is 2.54. The summed E-state index contributed by atoms with van der Waals surface area (Å²) in [6, 6.07) is 20.3. The maximum atomic E-state index is 11.3. The average Bonchev–Trinajstić information content (AvgIpc) is 3.13. The van der Waals surface area contributed by atoms with Crippen molar-refractivity contribution in [3.05, 3.63) is 66.2 Å². The molecule has 0 radical (unpaired) electrons. The molecule has 0 amide bonds. The number of β-amino-alcohol motifs (C(OH)–C–C–N with tert-alkyl or cyclic N) is 1. The van der Waals surface area contributed by atoms with Gasteiger partial charge in [-0.3, -0.25) is 0 Å². The quantitative estimate of drug-likeness (QED) is 0.863. The van der Waals surface area contributed by atoms with E-state index in [2.05, 4.69) is 21.6 Å². The molecule has 0 saturated carbocycles. The van der Waals surface area contributed by atoms with Crippen LogP contribution in [0, 0.1) is 0 Å². The molecule has 1 N–H and O–H groups in total. The molecule has 0 unspecified atom stereocenters. The molecule has 0 fully saturated rings. The minimum absolute atomic E-state index is 0.573. The van der Waals surface area contributed by atoms with Gasteiger partial charge in [-0.25, -0.2) is 9.48 Å². The van der Waals surface area contributed by atoms with Gasteiger partial charge in [0.2, 0.25) is 0 Å². The van der Waals surface area contributed by atoms with Crippen molar-refractivity contribution in [2.24, 2.45) is 0 Å². The van der Waals surface area contributed by atoms with Crippen LogP contribution in [0.25, 0.3) is 0 Å². The Hall–Kier alpha value is -1.78. The van der Waals surface area contributed by atoms with Crippen LogP contribution in [0.1, 0.15) is 5.56 Å². The van der Waals surface area contributed by atoms with Crippen molar-refractivity contribution in [1.29, 1.82) is 0 Å². The molecule has 2 heterocycles. The standard InChI is InChI=1S/C17H17N2OS/c20-17(14-7-3-1-4-8-14)13-18(15-9-5-2-6-10-15)16-19(17)11-12-21-16/h1-10,20H,11-13H2/q+1/t17-/m1/s1. The van der Waals surface area contributed by atoms with Crippen molar-refractivity contribution in [3.8, 4) is 0 Å². The number of hydrogen-bond donors (Lipinski definition) is 1. The fourth-order valence-corrected chi connectivity index (χ4v) is 4.28. The van der Waals surface area contributed by atoms with Gasteiger partial charge in [0.1, 0.15) is 5.69 Å². The lowest BCUT2D eigenvalue weighted by Crippen LogP contribution is -2.41. The molecule has 1 atom stereocenters. The maximum Gasteiger partial charge on any atom is 0.316 e. The number of amidine groups is 1. The third-order valence-corrected chi connectivity index (χ3v) is 5.22. The Labute approximate surface area is 128 Å². The molecule has 21 heavy (non-hydrogen) atoms. The van der Waals surface area contributed by atoms with E-state index in [1.165, 1.54) is 0 Å². The van der Waals surface area contributed by atoms with Crippen LogP contribution in [0.2, 0.25) is 0 Å². The van der Waals surface area contributed by atoms with E-state index in [4.69, 9.17) is 0 Å². The van der Waals surface area contributed by atoms with Crippen LogP contribution in [0.4, 0.5) is 5.69 Å². The molecule has 3 nitrogen and oxygen atoms in total. The summed E-state index contributed by atoms with van der Waals surface area (Å²) in [6.45, 7) is 1.46. The minimum Gasteiger partial charge on any atom is -0.346 e. The summed E-state index contributed by atoms with van der Waals surface area (Å²) in [5.41, 5.74) is 1.16. The zero-order valence-electron chi connectivity index (χ0n) is 11.6. The van der Waals surface area contributed by atoms with Crippen molar-refractivity contribution in [3.63, 3.8) is 0 Å². The topological polar surface area (TPSA) is 26.5 Å². The molecule has 4 heteroatoms. The predicted octanol–water partition coefficient (Wildman–Crippen LogP) is 2.47. The molecule has 0 saturated heterocycles. The van der Waals surface area contributed by atoms with E-state index in [1.807, 2.05) is 60.3 Å². The number of hydrogen-bond acceptors (Lipinski definition) is 3. The molecule has 4 rings (SSSR count). The van der Waals surface area contributed by atoms with Gasteiger partial charge in [0.25, 0.3) is 5.72 Å². The lowest BCUT2D eigenvalue weighted by molar-refractivity contribution is -0.650. The number of rotatable bonds is 2. The number of nitrogens with zero attached hydrogens (tertiary/aromatic N) is 2. The van der Waals surface area contributed by atoms with E-state index in [0.29, 0.717) is 6.54 Å². The zero-order valence-corrected chi connectivity index (χ0v) is 12.5. The Morgan fingerprint density at radius 2 is 1.67 bits per heavy atom. The van der Waals surface area contributed by atoms with Gasteiger partial charge in [-0.1, -0.05) is 48.5 Å². The van der Waals surface area contributed by atoms with Gasteiger partial charge < -0.3 is 5.11 Å². The van der Waals surface area contributed by atoms with Crippen LogP contribution in [-0.2, 0) is 5.72 Å². The van der Waals surface area contributed by atoms with E-state index in [0.717, 1.165) is 28.7 Å². The normalized spacial score (nSPS) is 24.5. The molecule has 2 aromatic rings. The van der Waals surface area contributed by atoms with Crippen molar-refractivity contribution < 1.29 is 9.68 Å². The van der Waals surface area contributed by atoms with Crippen LogP contribution in [0.15, 0.2) is 60.7 Å². The molecular weight excluding hydrogens is 280 g/mol. The maximum absolute atomic E-state index is 11.3. The molecule has 0 aromatic heterocycles. The molecule has 2 aliphatic rings. The van der Waals surface area contributed by atoms with E-state index >= 15 is 0 Å². The SMILES string of the molecule is O[C@@]1(c2ccccc2)CN(c2ccccc2)C2=[N+]1CCS2. The van der Waals surface area contributed by atoms with Crippen LogP contribution < -0.4 is 4.90 Å². The minimum atomic E-state index is -0.935. The van der Waals surface area contributed by atoms with Crippen LogP contribution in [-0.4, -0.2) is 33.7 Å². The first-order valence-corrected chi connectivity index (χ1v) is 8.15. The van der Waals surface area contributed by atoms with Gasteiger partial charge in [0.15, 0.2) is 6.54 Å². The summed E-state index contributed by atoms with van der Waals surface area (Å²) >= 11 is 1.82. The van der Waals surface area contributed by atoms with E-state index in [9.17, 15) is 5.11 Å². The van der Waals surface area contributed by atoms with Gasteiger partial charge in [-0.2, -0.15) is 0 Å². The van der Waals surface area contributed by atoms with Crippen molar-refractivity contribution >= 4 is 22.6 Å². The summed E-state index contributed by atoms with van der Waals surface area (Å²) in [6.07, 6.45) is 0. The number of para-hydroxylation sites is 1. The van der Waals surface area contributed by atoms with E-state index in [-0.39, 0.29) is 0 Å². The molecule has 0 bridgehead atoms. The van der Waals surface area contributed by atoms with Gasteiger partial charge in [0, 0.05) is 11.3 Å². The lowest BCUT2D eigenvalue weighted by Gasteiger charge is -2.22. The Bertz CT molecular complexity index is 686. The molecule has 0 aliphatic carbocycles. The summed E-state index contributed by atoms with van der Waals surface area (Å²) in [5.74, 6) is 1.02. The highest BCUT2D eigenvalue weighted by molar-refractivity contribution is 8.14. The third-order valence-electron chi connectivity index (χ3n) is 4.14. The first kappa shape index (κ1) is 12.9. The fraction of sp³-hybridized carbons (Fsp3) is 0.235. The highest BCUT2D eigenvalue weighted by Crippen LogP contribution is 2.37. The zero-order chi connectivity index (χ0) is 14.3. The smallest absolute Gasteiger partial charge is 0.316 e. The van der Waals surface area contributed by atoms with Crippen LogP contribution in [0.3, 0.4) is 0 Å². The van der Waals surface area contributed by atoms with Gasteiger partial charge in [0.05, 0.1) is 6.54 Å². The van der Waals surface area contributed by atoms with E-state index in [1.54, 1.807) is 0 Å². The summed E-state index contributed by atoms with van der Waals surface area (Å²) < 4.78 is 2.14. The monoisotopic (exact) mass is 297 g/mol. The second-order valence-electron chi connectivity index (χ2n) is 5.39. The number of thioether (sulfide) groups is 1. The van der Waals surface area contributed by atoms with Crippen LogP contribution in [0.5, 0.6) is 0 Å². The molecule has 2 aromatic carbocycles. The average molecular weight is 297 g/mol. The lowest BCUT2D eigenvalue weighted by atomic mass is 10.0. The molecular formula is C17H17N2OS+. The predicted molar refractivity (Wildman–Crippen MR) is 86.7 cm³/mol. The Kier molecular flexibility index (Phi) is 3.01. The van der Waals surface area contributed by atoms with Gasteiger partial charge in [-0.05, 0) is 23.9 Å². The number of benzene rings is 2. The van der Waals surface area contributed by atoms with Gasteiger partial charge >= 0.3 is 5.17 Å². The highest BCUT2D eigenvalue weighted by atomic mass is 32.2. The second-order valence-corrected chi connectivity index (χ2v) is 6.45. The number of aliphatic hydroxyl groups is 1. The molecule has 106 valence electrons. The van der Waals surface area contributed by atoms with Crippen LogP contribution >= 0.6 is 11.8 Å². The third kappa shape index (κ3) is 1.98. The Morgan fingerprint density at radius 1 is 1.00 bits per heavy atom. The van der Waals surface area contributed by atoms with Crippen molar-refractivity contribution in [2.75, 3.05) is 23.7 Å². The second kappa shape index (κ2) is 4.90. The Morgan fingerprint density at radius 3 is 2.38 bits per heavy atom.